The first-order valence-corrected chi connectivity index (χ1v) is 7.05. The summed E-state index contributed by atoms with van der Waals surface area (Å²) in [4.78, 5) is 4.67. The van der Waals surface area contributed by atoms with Gasteiger partial charge < -0.3 is 11.1 Å². The van der Waals surface area contributed by atoms with Gasteiger partial charge in [-0.3, -0.25) is 0 Å². The molecule has 0 radical (unpaired) electrons. The summed E-state index contributed by atoms with van der Waals surface area (Å²) in [6.45, 7) is 3.79. The lowest BCUT2D eigenvalue weighted by molar-refractivity contribution is 1.19. The van der Waals surface area contributed by atoms with Gasteiger partial charge in [-0.25, -0.2) is 4.98 Å². The molecule has 3 N–H and O–H groups in total. The van der Waals surface area contributed by atoms with Crippen molar-refractivity contribution in [2.75, 3.05) is 5.32 Å². The molecule has 1 aromatic heterocycles. The molecule has 6 heteroatoms. The van der Waals surface area contributed by atoms with E-state index in [1.165, 1.54) is 0 Å². The van der Waals surface area contributed by atoms with Gasteiger partial charge in [0.2, 0.25) is 0 Å². The predicted molar refractivity (Wildman–Crippen MR) is 89.3 cm³/mol. The van der Waals surface area contributed by atoms with E-state index in [0.717, 1.165) is 11.3 Å². The predicted octanol–water partition coefficient (Wildman–Crippen LogP) is 4.38. The first-order chi connectivity index (χ1) is 9.40. The molecule has 2 aromatic rings. The summed E-state index contributed by atoms with van der Waals surface area (Å²) in [5, 5.41) is 4.19. The summed E-state index contributed by atoms with van der Waals surface area (Å²) in [6, 6.07) is 7.30. The molecule has 0 bridgehead atoms. The minimum Gasteiger partial charge on any atom is -0.389 e. The van der Waals surface area contributed by atoms with E-state index < -0.39 is 0 Å². The number of anilines is 2. The highest BCUT2D eigenvalue weighted by molar-refractivity contribution is 7.80. The van der Waals surface area contributed by atoms with Crippen molar-refractivity contribution >= 4 is 51.9 Å². The van der Waals surface area contributed by atoms with Crippen molar-refractivity contribution in [1.29, 1.82) is 0 Å². The highest BCUT2D eigenvalue weighted by Gasteiger charge is 2.13. The maximum Gasteiger partial charge on any atom is 0.140 e. The largest absolute Gasteiger partial charge is 0.389 e. The quantitative estimate of drug-likeness (QED) is 0.822. The molecule has 0 unspecified atom stereocenters. The fraction of sp³-hybridized carbons (Fsp3) is 0.143. The maximum absolute atomic E-state index is 6.28. The van der Waals surface area contributed by atoms with Gasteiger partial charge in [-0.1, -0.05) is 41.5 Å². The Balaban J connectivity index is 2.53. The lowest BCUT2D eigenvalue weighted by Gasteiger charge is -2.14. The molecular weight excluding hydrogens is 313 g/mol. The molecule has 20 heavy (non-hydrogen) atoms. The number of hydrogen-bond donors (Lipinski definition) is 2. The van der Waals surface area contributed by atoms with Crippen molar-refractivity contribution in [2.45, 2.75) is 13.8 Å². The van der Waals surface area contributed by atoms with Crippen molar-refractivity contribution < 1.29 is 0 Å². The number of aromatic nitrogens is 1. The van der Waals surface area contributed by atoms with Gasteiger partial charge in [0.1, 0.15) is 10.8 Å². The summed E-state index contributed by atoms with van der Waals surface area (Å²) in [7, 11) is 0. The first kappa shape index (κ1) is 15.0. The molecule has 104 valence electrons. The second-order valence-electron chi connectivity index (χ2n) is 4.39. The number of nitrogens with one attached hydrogen (secondary N) is 1. The molecule has 0 saturated heterocycles. The number of hydrogen-bond acceptors (Lipinski definition) is 3. The molecule has 1 aromatic carbocycles. The Kier molecular flexibility index (Phi) is 4.48. The van der Waals surface area contributed by atoms with Crippen LogP contribution < -0.4 is 11.1 Å². The van der Waals surface area contributed by atoms with Crippen LogP contribution in [0, 0.1) is 13.8 Å². The van der Waals surface area contributed by atoms with Crippen LogP contribution in [-0.4, -0.2) is 9.97 Å². The summed E-state index contributed by atoms with van der Waals surface area (Å²) in [5.41, 5.74) is 8.72. The number of rotatable bonds is 3. The van der Waals surface area contributed by atoms with Crippen LogP contribution in [0.5, 0.6) is 0 Å². The van der Waals surface area contributed by atoms with Crippen LogP contribution in [0.25, 0.3) is 0 Å². The average molecular weight is 326 g/mol. The monoisotopic (exact) mass is 325 g/mol. The van der Waals surface area contributed by atoms with E-state index in [2.05, 4.69) is 10.3 Å². The van der Waals surface area contributed by atoms with E-state index >= 15 is 0 Å². The average Bonchev–Trinajstić information content (AvgIpc) is 2.39. The van der Waals surface area contributed by atoms with Crippen molar-refractivity contribution in [3.8, 4) is 0 Å². The molecular formula is C14H13Cl2N3S. The number of nitrogens with zero attached hydrogens (tertiary/aromatic N) is 1. The Morgan fingerprint density at radius 3 is 2.55 bits per heavy atom. The molecule has 0 aliphatic carbocycles. The van der Waals surface area contributed by atoms with Crippen molar-refractivity contribution in [3.63, 3.8) is 0 Å². The number of pyridine rings is 1. The summed E-state index contributed by atoms with van der Waals surface area (Å²) < 4.78 is 0. The van der Waals surface area contributed by atoms with Crippen LogP contribution in [0.4, 0.5) is 11.5 Å². The maximum atomic E-state index is 6.28. The van der Waals surface area contributed by atoms with Crippen molar-refractivity contribution in [1.82, 2.24) is 4.98 Å². The Morgan fingerprint density at radius 2 is 1.90 bits per heavy atom. The van der Waals surface area contributed by atoms with Crippen molar-refractivity contribution in [2.24, 2.45) is 5.73 Å². The van der Waals surface area contributed by atoms with Gasteiger partial charge >= 0.3 is 0 Å². The molecule has 0 atom stereocenters. The van der Waals surface area contributed by atoms with Gasteiger partial charge in [0.15, 0.2) is 0 Å². The second-order valence-corrected chi connectivity index (χ2v) is 5.62. The van der Waals surface area contributed by atoms with Gasteiger partial charge in [0.05, 0.1) is 21.3 Å². The van der Waals surface area contributed by atoms with Crippen LogP contribution in [0.1, 0.15) is 16.8 Å². The summed E-state index contributed by atoms with van der Waals surface area (Å²) in [6.07, 6.45) is 0. The molecule has 0 aliphatic rings. The second kappa shape index (κ2) is 5.95. The SMILES string of the molecule is Cc1ccc(C(N)=S)c(Nc2c(Cl)ccc(C)c2Cl)n1. The summed E-state index contributed by atoms with van der Waals surface area (Å²) in [5.74, 6) is 0.548. The third kappa shape index (κ3) is 3.03. The van der Waals surface area contributed by atoms with Gasteiger partial charge in [0, 0.05) is 5.69 Å². The number of thiocarbonyl (C=S) groups is 1. The zero-order chi connectivity index (χ0) is 14.9. The fourth-order valence-corrected chi connectivity index (χ4v) is 2.37. The van der Waals surface area contributed by atoms with E-state index in [9.17, 15) is 0 Å². The van der Waals surface area contributed by atoms with E-state index in [4.69, 9.17) is 41.2 Å². The number of halogens is 2. The third-order valence-electron chi connectivity index (χ3n) is 2.83. The third-order valence-corrected chi connectivity index (χ3v) is 3.85. The zero-order valence-corrected chi connectivity index (χ0v) is 13.3. The van der Waals surface area contributed by atoms with Gasteiger partial charge in [0.25, 0.3) is 0 Å². The van der Waals surface area contributed by atoms with Crippen LogP contribution in [0.2, 0.25) is 10.0 Å². The standard InChI is InChI=1S/C14H13Cl2N3S/c1-7-3-6-10(15)12(11(7)16)19-14-9(13(17)20)5-4-8(2)18-14/h3-6H,1-2H3,(H2,17,20)(H,18,19). The zero-order valence-electron chi connectivity index (χ0n) is 11.0. The normalized spacial score (nSPS) is 10.4. The smallest absolute Gasteiger partial charge is 0.140 e. The van der Waals surface area contributed by atoms with Crippen molar-refractivity contribution in [3.05, 3.63) is 51.1 Å². The van der Waals surface area contributed by atoms with Gasteiger partial charge in [-0.2, -0.15) is 0 Å². The number of nitrogens with two attached hydrogens (primary N) is 1. The van der Waals surface area contributed by atoms with E-state index in [-0.39, 0.29) is 4.99 Å². The van der Waals surface area contributed by atoms with E-state index in [1.807, 2.05) is 32.0 Å². The van der Waals surface area contributed by atoms with Crippen LogP contribution in [0.15, 0.2) is 24.3 Å². The molecule has 3 nitrogen and oxygen atoms in total. The Bertz CT molecular complexity index is 686. The first-order valence-electron chi connectivity index (χ1n) is 5.89. The molecule has 0 aliphatic heterocycles. The number of benzene rings is 1. The minimum atomic E-state index is 0.264. The summed E-state index contributed by atoms with van der Waals surface area (Å²) >= 11 is 17.5. The molecule has 0 fully saturated rings. The fourth-order valence-electron chi connectivity index (χ4n) is 1.74. The van der Waals surface area contributed by atoms with Gasteiger partial charge in [-0.05, 0) is 37.6 Å². The lowest BCUT2D eigenvalue weighted by atomic mass is 10.2. The Morgan fingerprint density at radius 1 is 1.20 bits per heavy atom. The van der Waals surface area contributed by atoms with E-state index in [1.54, 1.807) is 6.07 Å². The van der Waals surface area contributed by atoms with Crippen LogP contribution >= 0.6 is 35.4 Å². The van der Waals surface area contributed by atoms with Crippen LogP contribution in [-0.2, 0) is 0 Å². The Labute approximate surface area is 133 Å². The topological polar surface area (TPSA) is 50.9 Å². The lowest BCUT2D eigenvalue weighted by Crippen LogP contribution is -2.13. The Hall–Kier alpha value is -1.36. The highest BCUT2D eigenvalue weighted by atomic mass is 35.5. The number of aryl methyl sites for hydroxylation is 2. The van der Waals surface area contributed by atoms with E-state index in [0.29, 0.717) is 27.1 Å². The molecule has 1 heterocycles. The highest BCUT2D eigenvalue weighted by Crippen LogP contribution is 2.35. The van der Waals surface area contributed by atoms with Gasteiger partial charge in [-0.15, -0.1) is 0 Å². The van der Waals surface area contributed by atoms with Crippen LogP contribution in [0.3, 0.4) is 0 Å². The minimum absolute atomic E-state index is 0.264. The molecule has 0 saturated carbocycles. The molecule has 0 amide bonds. The molecule has 2 rings (SSSR count). The molecule has 0 spiro atoms.